The Morgan fingerprint density at radius 2 is 1.66 bits per heavy atom. The Morgan fingerprint density at radius 1 is 0.969 bits per heavy atom. The van der Waals surface area contributed by atoms with E-state index in [1.165, 1.54) is 17.9 Å². The third-order valence-electron chi connectivity index (χ3n) is 5.14. The number of fused-ring (bicyclic) bond motifs is 1. The van der Waals surface area contributed by atoms with E-state index >= 15 is 0 Å². The van der Waals surface area contributed by atoms with Crippen LogP contribution >= 0.6 is 0 Å². The summed E-state index contributed by atoms with van der Waals surface area (Å²) < 4.78 is 9.82. The molecule has 2 aromatic heterocycles. The topological polar surface area (TPSA) is 100 Å². The van der Waals surface area contributed by atoms with Crippen LogP contribution in [0.25, 0.3) is 11.2 Å². The largest absolute Gasteiger partial charge is 0.457 e. The SMILES string of the molecule is Cn1c(=O)c2c(ncn2CCCC(=O)Nc2ccc(Oc3ccccc3)cc2)n(C)c1=O. The van der Waals surface area contributed by atoms with Crippen LogP contribution in [-0.4, -0.2) is 24.6 Å². The van der Waals surface area contributed by atoms with Crippen LogP contribution in [0.2, 0.25) is 0 Å². The number of amides is 1. The minimum Gasteiger partial charge on any atom is -0.457 e. The van der Waals surface area contributed by atoms with E-state index < -0.39 is 11.2 Å². The molecular formula is C23H23N5O4. The first kappa shape index (κ1) is 21.1. The Balaban J connectivity index is 1.34. The van der Waals surface area contributed by atoms with Gasteiger partial charge in [0.25, 0.3) is 5.56 Å². The molecule has 0 saturated carbocycles. The van der Waals surface area contributed by atoms with Crippen LogP contribution in [0.1, 0.15) is 12.8 Å². The molecule has 0 aliphatic heterocycles. The van der Waals surface area contributed by atoms with Gasteiger partial charge in [0.15, 0.2) is 11.2 Å². The third kappa shape index (κ3) is 4.31. The van der Waals surface area contributed by atoms with Crippen molar-refractivity contribution in [2.45, 2.75) is 19.4 Å². The summed E-state index contributed by atoms with van der Waals surface area (Å²) in [5, 5.41) is 2.86. The predicted octanol–water partition coefficient (Wildman–Crippen LogP) is 2.64. The van der Waals surface area contributed by atoms with E-state index in [1.54, 1.807) is 35.9 Å². The van der Waals surface area contributed by atoms with Gasteiger partial charge < -0.3 is 14.6 Å². The van der Waals surface area contributed by atoms with Crippen molar-refractivity contribution in [3.8, 4) is 11.5 Å². The fourth-order valence-electron chi connectivity index (χ4n) is 3.43. The van der Waals surface area contributed by atoms with Crippen molar-refractivity contribution in [1.29, 1.82) is 0 Å². The average Bonchev–Trinajstić information content (AvgIpc) is 3.22. The van der Waals surface area contributed by atoms with Crippen molar-refractivity contribution in [3.63, 3.8) is 0 Å². The van der Waals surface area contributed by atoms with E-state index in [0.717, 1.165) is 10.3 Å². The quantitative estimate of drug-likeness (QED) is 0.483. The van der Waals surface area contributed by atoms with Crippen molar-refractivity contribution >= 4 is 22.8 Å². The highest BCUT2D eigenvalue weighted by molar-refractivity contribution is 5.90. The van der Waals surface area contributed by atoms with Gasteiger partial charge in [-0.3, -0.25) is 18.7 Å². The van der Waals surface area contributed by atoms with Crippen LogP contribution < -0.4 is 21.3 Å². The zero-order valence-corrected chi connectivity index (χ0v) is 17.8. The third-order valence-corrected chi connectivity index (χ3v) is 5.14. The lowest BCUT2D eigenvalue weighted by Crippen LogP contribution is -2.37. The van der Waals surface area contributed by atoms with E-state index in [1.807, 2.05) is 30.3 Å². The lowest BCUT2D eigenvalue weighted by atomic mass is 10.2. The number of carbonyl (C=O) groups is 1. The second kappa shape index (κ2) is 8.93. The van der Waals surface area contributed by atoms with E-state index in [0.29, 0.717) is 35.6 Å². The Kier molecular flexibility index (Phi) is 5.89. The molecule has 0 aliphatic rings. The highest BCUT2D eigenvalue weighted by Gasteiger charge is 2.14. The Labute approximate surface area is 183 Å². The molecule has 0 saturated heterocycles. The van der Waals surface area contributed by atoms with E-state index in [-0.39, 0.29) is 12.3 Å². The van der Waals surface area contributed by atoms with Gasteiger partial charge >= 0.3 is 5.69 Å². The molecule has 2 heterocycles. The highest BCUT2D eigenvalue weighted by atomic mass is 16.5. The van der Waals surface area contributed by atoms with Crippen molar-refractivity contribution in [1.82, 2.24) is 18.7 Å². The summed E-state index contributed by atoms with van der Waals surface area (Å²) in [5.74, 6) is 1.29. The summed E-state index contributed by atoms with van der Waals surface area (Å²) in [6, 6.07) is 16.6. The number of para-hydroxylation sites is 1. The van der Waals surface area contributed by atoms with Gasteiger partial charge in [0.2, 0.25) is 5.91 Å². The van der Waals surface area contributed by atoms with Crippen molar-refractivity contribution in [2.75, 3.05) is 5.32 Å². The van der Waals surface area contributed by atoms with Gasteiger partial charge in [0.05, 0.1) is 6.33 Å². The molecular weight excluding hydrogens is 410 g/mol. The van der Waals surface area contributed by atoms with Crippen molar-refractivity contribution in [2.24, 2.45) is 14.1 Å². The van der Waals surface area contributed by atoms with Crippen LogP contribution in [0.3, 0.4) is 0 Å². The summed E-state index contributed by atoms with van der Waals surface area (Å²) in [7, 11) is 3.01. The van der Waals surface area contributed by atoms with Gasteiger partial charge in [0.1, 0.15) is 11.5 Å². The number of anilines is 1. The van der Waals surface area contributed by atoms with Crippen LogP contribution in [-0.2, 0) is 25.4 Å². The number of hydrogen-bond donors (Lipinski definition) is 1. The number of imidazole rings is 1. The van der Waals surface area contributed by atoms with Gasteiger partial charge in [-0.1, -0.05) is 18.2 Å². The van der Waals surface area contributed by atoms with Crippen LogP contribution in [0, 0.1) is 0 Å². The molecule has 32 heavy (non-hydrogen) atoms. The smallest absolute Gasteiger partial charge is 0.332 e. The summed E-state index contributed by atoms with van der Waals surface area (Å²) >= 11 is 0. The molecule has 4 aromatic rings. The molecule has 0 unspecified atom stereocenters. The highest BCUT2D eigenvalue weighted by Crippen LogP contribution is 2.22. The Morgan fingerprint density at radius 3 is 2.38 bits per heavy atom. The summed E-state index contributed by atoms with van der Waals surface area (Å²) in [5.41, 5.74) is 0.534. The van der Waals surface area contributed by atoms with E-state index in [2.05, 4.69) is 10.3 Å². The number of carbonyl (C=O) groups excluding carboxylic acids is 1. The van der Waals surface area contributed by atoms with Crippen LogP contribution in [0.15, 0.2) is 70.5 Å². The summed E-state index contributed by atoms with van der Waals surface area (Å²) in [6.45, 7) is 0.432. The van der Waals surface area contributed by atoms with Crippen molar-refractivity contribution < 1.29 is 9.53 Å². The molecule has 9 heteroatoms. The van der Waals surface area contributed by atoms with Gasteiger partial charge in [0, 0.05) is 32.7 Å². The molecule has 0 bridgehead atoms. The molecule has 0 spiro atoms. The second-order valence-electron chi connectivity index (χ2n) is 7.41. The van der Waals surface area contributed by atoms with Gasteiger partial charge in [-0.2, -0.15) is 0 Å². The standard InChI is InChI=1S/C23H23N5O4/c1-26-21-20(22(30)27(2)23(26)31)28(15-24-21)14-6-9-19(29)25-16-10-12-18(13-11-16)32-17-7-4-3-5-8-17/h3-5,7-8,10-13,15H,6,9,14H2,1-2H3,(H,25,29). The number of rotatable bonds is 7. The fourth-order valence-corrected chi connectivity index (χ4v) is 3.43. The first-order chi connectivity index (χ1) is 15.4. The Hall–Kier alpha value is -4.14. The lowest BCUT2D eigenvalue weighted by Gasteiger charge is -2.09. The number of ether oxygens (including phenoxy) is 1. The van der Waals surface area contributed by atoms with Crippen LogP contribution in [0.5, 0.6) is 11.5 Å². The monoisotopic (exact) mass is 433 g/mol. The average molecular weight is 433 g/mol. The normalized spacial score (nSPS) is 10.9. The lowest BCUT2D eigenvalue weighted by molar-refractivity contribution is -0.116. The summed E-state index contributed by atoms with van der Waals surface area (Å²) in [4.78, 5) is 41.0. The van der Waals surface area contributed by atoms with Gasteiger partial charge in [-0.15, -0.1) is 0 Å². The van der Waals surface area contributed by atoms with Gasteiger partial charge in [-0.25, -0.2) is 9.78 Å². The number of nitrogens with one attached hydrogen (secondary N) is 1. The molecule has 9 nitrogen and oxygen atoms in total. The Bertz CT molecular complexity index is 1370. The zero-order valence-electron chi connectivity index (χ0n) is 17.8. The number of benzene rings is 2. The van der Waals surface area contributed by atoms with Crippen LogP contribution in [0.4, 0.5) is 5.69 Å². The van der Waals surface area contributed by atoms with E-state index in [4.69, 9.17) is 4.74 Å². The summed E-state index contributed by atoms with van der Waals surface area (Å²) in [6.07, 6.45) is 2.31. The van der Waals surface area contributed by atoms with Crippen molar-refractivity contribution in [3.05, 3.63) is 81.8 Å². The second-order valence-corrected chi connectivity index (χ2v) is 7.41. The fraction of sp³-hybridized carbons (Fsp3) is 0.217. The molecule has 4 rings (SSSR count). The minimum absolute atomic E-state index is 0.133. The number of nitrogens with zero attached hydrogens (tertiary/aromatic N) is 4. The first-order valence-electron chi connectivity index (χ1n) is 10.2. The first-order valence-corrected chi connectivity index (χ1v) is 10.2. The molecule has 1 N–H and O–H groups in total. The molecule has 0 aliphatic carbocycles. The predicted molar refractivity (Wildman–Crippen MR) is 121 cm³/mol. The maximum Gasteiger partial charge on any atom is 0.332 e. The minimum atomic E-state index is -0.424. The molecule has 164 valence electrons. The molecule has 0 radical (unpaired) electrons. The number of hydrogen-bond acceptors (Lipinski definition) is 5. The molecule has 0 fully saturated rings. The maximum atomic E-state index is 12.5. The van der Waals surface area contributed by atoms with Gasteiger partial charge in [-0.05, 0) is 42.8 Å². The zero-order chi connectivity index (χ0) is 22.7. The maximum absolute atomic E-state index is 12.5. The molecule has 2 aromatic carbocycles. The number of aryl methyl sites for hydroxylation is 2. The molecule has 1 amide bonds. The molecule has 0 atom stereocenters. The number of aromatic nitrogens is 4. The van der Waals surface area contributed by atoms with E-state index in [9.17, 15) is 14.4 Å².